The first-order valence-electron chi connectivity index (χ1n) is 5.30. The highest BCUT2D eigenvalue weighted by molar-refractivity contribution is 5.37. The third-order valence-electron chi connectivity index (χ3n) is 2.02. The number of nitrogens with zero attached hydrogens (tertiary/aromatic N) is 1. The first kappa shape index (κ1) is 14.9. The second kappa shape index (κ2) is 7.20. The monoisotopic (exact) mass is 228 g/mol. The fourth-order valence-electron chi connectivity index (χ4n) is 1.14. The maximum atomic E-state index is 9.60. The molecule has 5 heteroatoms. The van der Waals surface area contributed by atoms with Gasteiger partial charge in [-0.15, -0.1) is 0 Å². The molecule has 2 N–H and O–H groups in total. The van der Waals surface area contributed by atoms with Gasteiger partial charge in [0.05, 0.1) is 18.1 Å². The van der Waals surface area contributed by atoms with Crippen molar-refractivity contribution in [3.63, 3.8) is 0 Å². The van der Waals surface area contributed by atoms with E-state index in [2.05, 4.69) is 16.1 Å². The summed E-state index contributed by atoms with van der Waals surface area (Å²) >= 11 is 0. The van der Waals surface area contributed by atoms with Gasteiger partial charge >= 0.3 is 0 Å². The number of aliphatic hydroxyl groups is 1. The van der Waals surface area contributed by atoms with Crippen LogP contribution in [0.4, 0.5) is 0 Å². The Morgan fingerprint density at radius 2 is 2.19 bits per heavy atom. The number of β-amino-alcohol motifs (C(OH)–C–C–N with tert-alkyl or cyclic N) is 1. The van der Waals surface area contributed by atoms with Crippen LogP contribution in [0, 0.1) is 17.2 Å². The number of piperidine rings is 1. The number of hydrogen-bond acceptors (Lipinski definition) is 5. The van der Waals surface area contributed by atoms with Crippen LogP contribution >= 0.6 is 0 Å². The average molecular weight is 228 g/mol. The van der Waals surface area contributed by atoms with Crippen LogP contribution in [0.3, 0.4) is 0 Å². The number of hydrogen-bond donors (Lipinski definition) is 2. The highest BCUT2D eigenvalue weighted by atomic mass is 16.5. The van der Waals surface area contributed by atoms with E-state index in [9.17, 15) is 4.79 Å². The Kier molecular flexibility index (Phi) is 6.70. The van der Waals surface area contributed by atoms with E-state index in [4.69, 9.17) is 10.4 Å². The number of aliphatic hydroxyl groups excluding tert-OH is 1. The van der Waals surface area contributed by atoms with Crippen molar-refractivity contribution < 1.29 is 14.6 Å². The molecule has 2 unspecified atom stereocenters. The molecule has 2 atom stereocenters. The van der Waals surface area contributed by atoms with E-state index in [1.165, 1.54) is 0 Å². The minimum absolute atomic E-state index is 0.147. The van der Waals surface area contributed by atoms with E-state index in [1.54, 1.807) is 0 Å². The van der Waals surface area contributed by atoms with Crippen LogP contribution in [-0.2, 0) is 9.53 Å². The first-order valence-corrected chi connectivity index (χ1v) is 5.30. The van der Waals surface area contributed by atoms with E-state index >= 15 is 0 Å². The Morgan fingerprint density at radius 3 is 2.44 bits per heavy atom. The van der Waals surface area contributed by atoms with Gasteiger partial charge in [0, 0.05) is 6.54 Å². The standard InChI is InChI=1S/C6H10N2O.C5H10O2/c7-3-5-1-2-8-4-6(5)9;1-5(2,3)7-4-6/h5-6,8-9H,1-2,4H2;4H,1-3H3. The van der Waals surface area contributed by atoms with Crippen molar-refractivity contribution in [3.05, 3.63) is 0 Å². The number of nitrogens with one attached hydrogen (secondary N) is 1. The van der Waals surface area contributed by atoms with Gasteiger partial charge in [-0.2, -0.15) is 5.26 Å². The molecule has 0 radical (unpaired) electrons. The molecule has 0 bridgehead atoms. The van der Waals surface area contributed by atoms with Crippen molar-refractivity contribution in [3.8, 4) is 6.07 Å². The van der Waals surface area contributed by atoms with E-state index in [-0.39, 0.29) is 11.5 Å². The molecule has 1 aliphatic heterocycles. The third-order valence-corrected chi connectivity index (χ3v) is 2.02. The largest absolute Gasteiger partial charge is 0.462 e. The summed E-state index contributed by atoms with van der Waals surface area (Å²) in [4.78, 5) is 9.60. The van der Waals surface area contributed by atoms with Gasteiger partial charge in [0.15, 0.2) is 0 Å². The minimum atomic E-state index is -0.455. The smallest absolute Gasteiger partial charge is 0.293 e. The van der Waals surface area contributed by atoms with Crippen molar-refractivity contribution in [1.82, 2.24) is 5.32 Å². The lowest BCUT2D eigenvalue weighted by molar-refractivity contribution is -0.138. The van der Waals surface area contributed by atoms with Gasteiger partial charge in [0.25, 0.3) is 6.47 Å². The third kappa shape index (κ3) is 7.21. The van der Waals surface area contributed by atoms with Crippen molar-refractivity contribution in [2.75, 3.05) is 13.1 Å². The number of rotatable bonds is 1. The molecule has 1 heterocycles. The molecule has 92 valence electrons. The lowest BCUT2D eigenvalue weighted by atomic mass is 9.97. The molecule has 0 saturated carbocycles. The van der Waals surface area contributed by atoms with Crippen LogP contribution in [-0.4, -0.2) is 36.4 Å². The zero-order valence-electron chi connectivity index (χ0n) is 10.1. The molecule has 1 fully saturated rings. The molecule has 0 aromatic carbocycles. The first-order chi connectivity index (χ1) is 7.40. The van der Waals surface area contributed by atoms with Crippen molar-refractivity contribution in [2.45, 2.75) is 38.9 Å². The summed E-state index contributed by atoms with van der Waals surface area (Å²) in [6.45, 7) is 7.34. The van der Waals surface area contributed by atoms with Crippen LogP contribution in [0.25, 0.3) is 0 Å². The molecule has 0 spiro atoms. The summed E-state index contributed by atoms with van der Waals surface area (Å²) in [5.74, 6) is -0.147. The molecule has 0 aromatic heterocycles. The second-order valence-electron chi connectivity index (χ2n) is 4.62. The molecule has 0 aliphatic carbocycles. The summed E-state index contributed by atoms with van der Waals surface area (Å²) in [6, 6.07) is 2.06. The van der Waals surface area contributed by atoms with Crippen LogP contribution in [0.5, 0.6) is 0 Å². The molecule has 1 saturated heterocycles. The van der Waals surface area contributed by atoms with Gasteiger partial charge in [-0.05, 0) is 33.7 Å². The number of ether oxygens (including phenoxy) is 1. The number of carbonyl (C=O) groups is 1. The summed E-state index contributed by atoms with van der Waals surface area (Å²) < 4.78 is 4.55. The van der Waals surface area contributed by atoms with Crippen LogP contribution in [0.1, 0.15) is 27.2 Å². The molecule has 5 nitrogen and oxygen atoms in total. The topological polar surface area (TPSA) is 82.4 Å². The predicted molar refractivity (Wildman–Crippen MR) is 59.5 cm³/mol. The Balaban J connectivity index is 0.000000293. The molecule has 16 heavy (non-hydrogen) atoms. The normalized spacial score (nSPS) is 24.7. The van der Waals surface area contributed by atoms with E-state index in [0.29, 0.717) is 13.0 Å². The quantitative estimate of drug-likeness (QED) is 0.636. The lowest BCUT2D eigenvalue weighted by Gasteiger charge is -2.22. The van der Waals surface area contributed by atoms with Crippen molar-refractivity contribution in [2.24, 2.45) is 5.92 Å². The van der Waals surface area contributed by atoms with Gasteiger partial charge in [0.1, 0.15) is 5.60 Å². The Hall–Kier alpha value is -1.12. The predicted octanol–water partition coefficient (Wildman–Crippen LogP) is 0.438. The van der Waals surface area contributed by atoms with Gasteiger partial charge in [-0.3, -0.25) is 4.79 Å². The number of nitriles is 1. The second-order valence-corrected chi connectivity index (χ2v) is 4.62. The number of carbonyl (C=O) groups excluding carboxylic acids is 1. The molecular formula is C11H20N2O3. The molecule has 0 amide bonds. The zero-order valence-corrected chi connectivity index (χ0v) is 10.1. The van der Waals surface area contributed by atoms with Gasteiger partial charge in [0.2, 0.25) is 0 Å². The van der Waals surface area contributed by atoms with Crippen LogP contribution in [0.2, 0.25) is 0 Å². The maximum absolute atomic E-state index is 9.60. The van der Waals surface area contributed by atoms with E-state index < -0.39 is 6.10 Å². The minimum Gasteiger partial charge on any atom is -0.462 e. The van der Waals surface area contributed by atoms with Crippen molar-refractivity contribution >= 4 is 6.47 Å². The van der Waals surface area contributed by atoms with E-state index in [1.807, 2.05) is 20.8 Å². The van der Waals surface area contributed by atoms with Gasteiger partial charge in [-0.1, -0.05) is 0 Å². The molecular weight excluding hydrogens is 208 g/mol. The highest BCUT2D eigenvalue weighted by Gasteiger charge is 2.21. The Morgan fingerprint density at radius 1 is 1.56 bits per heavy atom. The van der Waals surface area contributed by atoms with E-state index in [0.717, 1.165) is 13.0 Å². The summed E-state index contributed by atoms with van der Waals surface area (Å²) in [5.41, 5.74) is -0.318. The molecule has 1 rings (SSSR count). The summed E-state index contributed by atoms with van der Waals surface area (Å²) in [5, 5.41) is 20.5. The van der Waals surface area contributed by atoms with Crippen molar-refractivity contribution in [1.29, 1.82) is 5.26 Å². The van der Waals surface area contributed by atoms with Gasteiger partial charge < -0.3 is 15.2 Å². The highest BCUT2D eigenvalue weighted by Crippen LogP contribution is 2.09. The Labute approximate surface area is 96.4 Å². The fourth-order valence-corrected chi connectivity index (χ4v) is 1.14. The summed E-state index contributed by atoms with van der Waals surface area (Å²) in [6.07, 6.45) is 0.321. The SMILES string of the molecule is CC(C)(C)OC=O.N#CC1CCNCC1O. The molecule has 0 aromatic rings. The maximum Gasteiger partial charge on any atom is 0.293 e. The van der Waals surface area contributed by atoms with Gasteiger partial charge in [-0.25, -0.2) is 0 Å². The zero-order chi connectivity index (χ0) is 12.6. The Bertz CT molecular complexity index is 243. The van der Waals surface area contributed by atoms with Crippen LogP contribution < -0.4 is 5.32 Å². The summed E-state index contributed by atoms with van der Waals surface area (Å²) in [7, 11) is 0. The lowest BCUT2D eigenvalue weighted by Crippen LogP contribution is -2.39. The van der Waals surface area contributed by atoms with Crippen LogP contribution in [0.15, 0.2) is 0 Å². The fraction of sp³-hybridized carbons (Fsp3) is 0.818. The molecule has 1 aliphatic rings. The average Bonchev–Trinajstić information content (AvgIpc) is 2.17.